The highest BCUT2D eigenvalue weighted by Gasteiger charge is 2.01. The van der Waals surface area contributed by atoms with Crippen molar-refractivity contribution in [1.82, 2.24) is 9.88 Å². The molecule has 0 saturated heterocycles. The van der Waals surface area contributed by atoms with Crippen molar-refractivity contribution in [3.8, 4) is 0 Å². The molecule has 1 aromatic heterocycles. The van der Waals surface area contributed by atoms with Gasteiger partial charge in [-0.05, 0) is 25.1 Å². The van der Waals surface area contributed by atoms with Gasteiger partial charge in [0.25, 0.3) is 0 Å². The minimum atomic E-state index is 0.134. The molecule has 0 bridgehead atoms. The number of hydrogen-bond acceptors (Lipinski definition) is 3. The molecule has 0 aliphatic heterocycles. The molecule has 4 nitrogen and oxygen atoms in total. The SMILES string of the molecule is COCNCCCC(=O)n1cccc1. The second-order valence-corrected chi connectivity index (χ2v) is 3.02. The first-order chi connectivity index (χ1) is 6.84. The average Bonchev–Trinajstić information content (AvgIpc) is 2.70. The van der Waals surface area contributed by atoms with E-state index in [0.717, 1.165) is 13.0 Å². The van der Waals surface area contributed by atoms with Gasteiger partial charge in [0.15, 0.2) is 0 Å². The fourth-order valence-corrected chi connectivity index (χ4v) is 1.17. The summed E-state index contributed by atoms with van der Waals surface area (Å²) in [4.78, 5) is 11.4. The van der Waals surface area contributed by atoms with Crippen LogP contribution in [-0.4, -0.2) is 30.9 Å². The normalized spacial score (nSPS) is 10.4. The van der Waals surface area contributed by atoms with Crippen molar-refractivity contribution in [2.45, 2.75) is 12.8 Å². The van der Waals surface area contributed by atoms with E-state index >= 15 is 0 Å². The summed E-state index contributed by atoms with van der Waals surface area (Å²) in [5, 5.41) is 3.05. The second kappa shape index (κ2) is 6.34. The van der Waals surface area contributed by atoms with Crippen LogP contribution in [0.3, 0.4) is 0 Å². The number of hydrogen-bond donors (Lipinski definition) is 1. The third-order valence-electron chi connectivity index (χ3n) is 1.88. The van der Waals surface area contributed by atoms with E-state index in [4.69, 9.17) is 4.74 Å². The molecule has 0 aromatic carbocycles. The Balaban J connectivity index is 2.10. The summed E-state index contributed by atoms with van der Waals surface area (Å²) in [5.74, 6) is 0.134. The minimum Gasteiger partial charge on any atom is -0.370 e. The van der Waals surface area contributed by atoms with E-state index in [-0.39, 0.29) is 5.91 Å². The van der Waals surface area contributed by atoms with E-state index in [1.165, 1.54) is 0 Å². The van der Waals surface area contributed by atoms with Crippen LogP contribution in [0.15, 0.2) is 24.5 Å². The van der Waals surface area contributed by atoms with E-state index in [9.17, 15) is 4.79 Å². The molecule has 1 rings (SSSR count). The Hall–Kier alpha value is -1.13. The summed E-state index contributed by atoms with van der Waals surface area (Å²) in [6, 6.07) is 3.70. The van der Waals surface area contributed by atoms with Crippen LogP contribution in [0.1, 0.15) is 17.6 Å². The van der Waals surface area contributed by atoms with Crippen LogP contribution in [0.4, 0.5) is 0 Å². The molecule has 0 aliphatic carbocycles. The van der Waals surface area contributed by atoms with Gasteiger partial charge in [-0.15, -0.1) is 0 Å². The van der Waals surface area contributed by atoms with Crippen LogP contribution in [0.25, 0.3) is 0 Å². The highest BCUT2D eigenvalue weighted by Crippen LogP contribution is 1.96. The lowest BCUT2D eigenvalue weighted by atomic mass is 10.3. The second-order valence-electron chi connectivity index (χ2n) is 3.02. The van der Waals surface area contributed by atoms with Gasteiger partial charge in [0.1, 0.15) is 0 Å². The zero-order valence-electron chi connectivity index (χ0n) is 8.40. The van der Waals surface area contributed by atoms with Crippen molar-refractivity contribution < 1.29 is 9.53 Å². The van der Waals surface area contributed by atoms with E-state index in [1.807, 2.05) is 12.1 Å². The van der Waals surface area contributed by atoms with E-state index in [1.54, 1.807) is 24.1 Å². The molecule has 1 aromatic rings. The Labute approximate surface area is 83.9 Å². The maximum atomic E-state index is 11.4. The Morgan fingerprint density at radius 1 is 1.43 bits per heavy atom. The van der Waals surface area contributed by atoms with Crippen LogP contribution in [0, 0.1) is 0 Å². The maximum Gasteiger partial charge on any atom is 0.230 e. The Kier molecular flexibility index (Phi) is 4.96. The van der Waals surface area contributed by atoms with Gasteiger partial charge in [-0.2, -0.15) is 0 Å². The standard InChI is InChI=1S/C10H16N2O2/c1-14-9-11-6-4-5-10(13)12-7-2-3-8-12/h2-3,7-8,11H,4-6,9H2,1H3. The molecule has 1 heterocycles. The van der Waals surface area contributed by atoms with E-state index in [2.05, 4.69) is 5.32 Å². The van der Waals surface area contributed by atoms with Crippen molar-refractivity contribution in [2.75, 3.05) is 20.4 Å². The molecule has 0 amide bonds. The lowest BCUT2D eigenvalue weighted by Gasteiger charge is -2.03. The van der Waals surface area contributed by atoms with Crippen LogP contribution in [0.2, 0.25) is 0 Å². The number of methoxy groups -OCH3 is 1. The number of aromatic nitrogens is 1. The number of carbonyl (C=O) groups excluding carboxylic acids is 1. The monoisotopic (exact) mass is 196 g/mol. The Morgan fingerprint density at radius 2 is 2.14 bits per heavy atom. The molecule has 14 heavy (non-hydrogen) atoms. The number of nitrogens with zero attached hydrogens (tertiary/aromatic N) is 1. The molecule has 78 valence electrons. The lowest BCUT2D eigenvalue weighted by Crippen LogP contribution is -2.19. The molecule has 0 fully saturated rings. The molecule has 0 spiro atoms. The Bertz CT molecular complexity index is 257. The lowest BCUT2D eigenvalue weighted by molar-refractivity contribution is 0.0898. The summed E-state index contributed by atoms with van der Waals surface area (Å²) < 4.78 is 6.43. The van der Waals surface area contributed by atoms with Crippen LogP contribution in [0.5, 0.6) is 0 Å². The summed E-state index contributed by atoms with van der Waals surface area (Å²) in [6.45, 7) is 1.35. The fraction of sp³-hybridized carbons (Fsp3) is 0.500. The van der Waals surface area contributed by atoms with Crippen molar-refractivity contribution in [2.24, 2.45) is 0 Å². The number of rotatable bonds is 6. The molecule has 0 unspecified atom stereocenters. The minimum absolute atomic E-state index is 0.134. The van der Waals surface area contributed by atoms with Gasteiger partial charge < -0.3 is 4.74 Å². The topological polar surface area (TPSA) is 43.3 Å². The molecule has 4 heteroatoms. The van der Waals surface area contributed by atoms with Gasteiger partial charge in [-0.3, -0.25) is 14.7 Å². The molecular formula is C10H16N2O2. The van der Waals surface area contributed by atoms with Gasteiger partial charge in [0, 0.05) is 25.9 Å². The molecule has 0 radical (unpaired) electrons. The first-order valence-corrected chi connectivity index (χ1v) is 4.70. The highest BCUT2D eigenvalue weighted by atomic mass is 16.5. The third kappa shape index (κ3) is 3.72. The molecule has 0 aliphatic rings. The summed E-state index contributed by atoms with van der Waals surface area (Å²) in [6.07, 6.45) is 4.93. The zero-order chi connectivity index (χ0) is 10.2. The van der Waals surface area contributed by atoms with Gasteiger partial charge in [-0.1, -0.05) is 0 Å². The van der Waals surface area contributed by atoms with Crippen LogP contribution in [-0.2, 0) is 4.74 Å². The smallest absolute Gasteiger partial charge is 0.230 e. The first kappa shape index (κ1) is 10.9. The van der Waals surface area contributed by atoms with Gasteiger partial charge in [-0.25, -0.2) is 0 Å². The molecule has 0 atom stereocenters. The predicted molar refractivity (Wildman–Crippen MR) is 54.2 cm³/mol. The van der Waals surface area contributed by atoms with Crippen molar-refractivity contribution in [1.29, 1.82) is 0 Å². The number of carbonyl (C=O) groups is 1. The maximum absolute atomic E-state index is 11.4. The number of ether oxygens (including phenoxy) is 1. The largest absolute Gasteiger partial charge is 0.370 e. The molecule has 1 N–H and O–H groups in total. The zero-order valence-corrected chi connectivity index (χ0v) is 8.40. The fourth-order valence-electron chi connectivity index (χ4n) is 1.17. The first-order valence-electron chi connectivity index (χ1n) is 4.70. The number of nitrogens with one attached hydrogen (secondary N) is 1. The van der Waals surface area contributed by atoms with Crippen molar-refractivity contribution >= 4 is 5.91 Å². The summed E-state index contributed by atoms with van der Waals surface area (Å²) in [7, 11) is 1.64. The highest BCUT2D eigenvalue weighted by molar-refractivity contribution is 5.78. The summed E-state index contributed by atoms with van der Waals surface area (Å²) in [5.41, 5.74) is 0. The van der Waals surface area contributed by atoms with Gasteiger partial charge >= 0.3 is 0 Å². The van der Waals surface area contributed by atoms with Gasteiger partial charge in [0.2, 0.25) is 5.91 Å². The predicted octanol–water partition coefficient (Wildman–Crippen LogP) is 1.10. The van der Waals surface area contributed by atoms with E-state index in [0.29, 0.717) is 13.2 Å². The Morgan fingerprint density at radius 3 is 2.79 bits per heavy atom. The van der Waals surface area contributed by atoms with Crippen LogP contribution < -0.4 is 5.32 Å². The summed E-state index contributed by atoms with van der Waals surface area (Å²) >= 11 is 0. The molecule has 0 saturated carbocycles. The quantitative estimate of drug-likeness (QED) is 0.547. The van der Waals surface area contributed by atoms with Crippen molar-refractivity contribution in [3.63, 3.8) is 0 Å². The third-order valence-corrected chi connectivity index (χ3v) is 1.88. The van der Waals surface area contributed by atoms with Crippen molar-refractivity contribution in [3.05, 3.63) is 24.5 Å². The van der Waals surface area contributed by atoms with Crippen LogP contribution >= 0.6 is 0 Å². The van der Waals surface area contributed by atoms with E-state index < -0.39 is 0 Å². The van der Waals surface area contributed by atoms with Gasteiger partial charge in [0.05, 0.1) is 6.73 Å². The molecular weight excluding hydrogens is 180 g/mol. The average molecular weight is 196 g/mol.